The monoisotopic (exact) mass is 322 g/mol. The first-order chi connectivity index (χ1) is 10.9. The third-order valence-corrected chi connectivity index (χ3v) is 4.35. The molecule has 1 aliphatic heterocycles. The highest BCUT2D eigenvalue weighted by Crippen LogP contribution is 2.23. The van der Waals surface area contributed by atoms with Crippen LogP contribution in [0.4, 0.5) is 10.1 Å². The highest BCUT2D eigenvalue weighted by molar-refractivity contribution is 5.99. The predicted octanol–water partition coefficient (Wildman–Crippen LogP) is 2.09. The van der Waals surface area contributed by atoms with E-state index < -0.39 is 17.8 Å². The van der Waals surface area contributed by atoms with Crippen molar-refractivity contribution in [3.05, 3.63) is 29.6 Å². The number of aliphatic hydroxyl groups is 1. The van der Waals surface area contributed by atoms with E-state index in [-0.39, 0.29) is 23.9 Å². The standard InChI is InChI=1S/C17H23FN2O3/c1-3-11(2)15(21)10-19-17(23)13-9-12(6-7-14(13)18)20-8-4-5-16(20)22/h6-7,9,11,15,21H,3-5,8,10H2,1-2H3,(H,19,23). The molecule has 0 spiro atoms. The molecule has 0 bridgehead atoms. The quantitative estimate of drug-likeness (QED) is 0.842. The number of rotatable bonds is 6. The topological polar surface area (TPSA) is 69.6 Å². The number of carbonyl (C=O) groups excluding carboxylic acids is 2. The highest BCUT2D eigenvalue weighted by Gasteiger charge is 2.24. The van der Waals surface area contributed by atoms with Gasteiger partial charge in [0.25, 0.3) is 5.91 Å². The van der Waals surface area contributed by atoms with Crippen LogP contribution in [0, 0.1) is 11.7 Å². The summed E-state index contributed by atoms with van der Waals surface area (Å²) in [4.78, 5) is 25.5. The molecule has 1 saturated heterocycles. The van der Waals surface area contributed by atoms with Crippen LogP contribution < -0.4 is 10.2 Å². The van der Waals surface area contributed by atoms with Gasteiger partial charge < -0.3 is 15.3 Å². The van der Waals surface area contributed by atoms with Crippen LogP contribution >= 0.6 is 0 Å². The zero-order valence-corrected chi connectivity index (χ0v) is 13.5. The van der Waals surface area contributed by atoms with E-state index in [4.69, 9.17) is 0 Å². The first-order valence-corrected chi connectivity index (χ1v) is 8.00. The Balaban J connectivity index is 2.09. The molecule has 1 aromatic rings. The van der Waals surface area contributed by atoms with E-state index in [1.807, 2.05) is 13.8 Å². The van der Waals surface area contributed by atoms with Gasteiger partial charge in [0.15, 0.2) is 0 Å². The van der Waals surface area contributed by atoms with Crippen LogP contribution in [-0.4, -0.2) is 36.1 Å². The van der Waals surface area contributed by atoms with Crippen LogP contribution in [0.1, 0.15) is 43.5 Å². The van der Waals surface area contributed by atoms with Crippen LogP contribution in [-0.2, 0) is 4.79 Å². The lowest BCUT2D eigenvalue weighted by molar-refractivity contribution is -0.117. The Kier molecular flexibility index (Phi) is 5.71. The maximum absolute atomic E-state index is 13.9. The van der Waals surface area contributed by atoms with Crippen molar-refractivity contribution in [1.82, 2.24) is 5.32 Å². The van der Waals surface area contributed by atoms with E-state index in [0.29, 0.717) is 18.7 Å². The van der Waals surface area contributed by atoms with E-state index in [1.54, 1.807) is 4.90 Å². The van der Waals surface area contributed by atoms with Gasteiger partial charge in [-0.05, 0) is 30.5 Å². The Labute approximate surface area is 135 Å². The van der Waals surface area contributed by atoms with Crippen LogP contribution in [0.2, 0.25) is 0 Å². The van der Waals surface area contributed by atoms with Crippen molar-refractivity contribution < 1.29 is 19.1 Å². The lowest BCUT2D eigenvalue weighted by Gasteiger charge is -2.19. The molecule has 2 rings (SSSR count). The Bertz CT molecular complexity index is 591. The number of nitrogens with zero attached hydrogens (tertiary/aromatic N) is 1. The normalized spacial score (nSPS) is 17.2. The molecule has 0 aromatic heterocycles. The summed E-state index contributed by atoms with van der Waals surface area (Å²) < 4.78 is 13.9. The zero-order chi connectivity index (χ0) is 17.0. The van der Waals surface area contributed by atoms with E-state index in [1.165, 1.54) is 18.2 Å². The Morgan fingerprint density at radius 1 is 1.48 bits per heavy atom. The maximum Gasteiger partial charge on any atom is 0.254 e. The number of hydrogen-bond acceptors (Lipinski definition) is 3. The smallest absolute Gasteiger partial charge is 0.254 e. The Hall–Kier alpha value is -1.95. The molecule has 5 nitrogen and oxygen atoms in total. The first kappa shape index (κ1) is 17.4. The van der Waals surface area contributed by atoms with Gasteiger partial charge in [0.1, 0.15) is 5.82 Å². The zero-order valence-electron chi connectivity index (χ0n) is 13.5. The molecule has 6 heteroatoms. The fraction of sp³-hybridized carbons (Fsp3) is 0.529. The minimum atomic E-state index is -0.671. The number of amides is 2. The number of nitrogens with one attached hydrogen (secondary N) is 1. The number of benzene rings is 1. The summed E-state index contributed by atoms with van der Waals surface area (Å²) >= 11 is 0. The van der Waals surface area contributed by atoms with Gasteiger partial charge in [-0.15, -0.1) is 0 Å². The summed E-state index contributed by atoms with van der Waals surface area (Å²) in [5.74, 6) is -1.20. The van der Waals surface area contributed by atoms with Crippen molar-refractivity contribution in [3.8, 4) is 0 Å². The molecule has 0 radical (unpaired) electrons. The van der Waals surface area contributed by atoms with E-state index in [0.717, 1.165) is 12.8 Å². The summed E-state index contributed by atoms with van der Waals surface area (Å²) in [6.45, 7) is 4.49. The summed E-state index contributed by atoms with van der Waals surface area (Å²) in [5.41, 5.74) is 0.417. The summed E-state index contributed by atoms with van der Waals surface area (Å²) in [5, 5.41) is 12.4. The van der Waals surface area contributed by atoms with Crippen molar-refractivity contribution >= 4 is 17.5 Å². The molecule has 0 aliphatic carbocycles. The van der Waals surface area contributed by atoms with Crippen molar-refractivity contribution in [1.29, 1.82) is 0 Å². The summed E-state index contributed by atoms with van der Waals surface area (Å²) in [7, 11) is 0. The fourth-order valence-corrected chi connectivity index (χ4v) is 2.54. The summed E-state index contributed by atoms with van der Waals surface area (Å²) in [6, 6.07) is 4.09. The van der Waals surface area contributed by atoms with Crippen LogP contribution in [0.3, 0.4) is 0 Å². The van der Waals surface area contributed by atoms with Crippen molar-refractivity contribution in [3.63, 3.8) is 0 Å². The molecule has 2 amide bonds. The minimum absolute atomic E-state index is 0.0184. The largest absolute Gasteiger partial charge is 0.391 e. The molecule has 0 saturated carbocycles. The lowest BCUT2D eigenvalue weighted by Crippen LogP contribution is -2.35. The van der Waals surface area contributed by atoms with Crippen molar-refractivity contribution in [2.24, 2.45) is 5.92 Å². The molecule has 1 heterocycles. The second-order valence-electron chi connectivity index (χ2n) is 5.98. The number of hydrogen-bond donors (Lipinski definition) is 2. The number of aliphatic hydroxyl groups excluding tert-OH is 1. The molecule has 2 atom stereocenters. The third-order valence-electron chi connectivity index (χ3n) is 4.35. The van der Waals surface area contributed by atoms with Gasteiger partial charge in [-0.3, -0.25) is 9.59 Å². The van der Waals surface area contributed by atoms with E-state index >= 15 is 0 Å². The Morgan fingerprint density at radius 3 is 2.83 bits per heavy atom. The summed E-state index contributed by atoms with van der Waals surface area (Å²) in [6.07, 6.45) is 1.35. The first-order valence-electron chi connectivity index (χ1n) is 8.00. The molecule has 2 unspecified atom stereocenters. The van der Waals surface area contributed by atoms with Gasteiger partial charge in [-0.2, -0.15) is 0 Å². The second kappa shape index (κ2) is 7.55. The average molecular weight is 322 g/mol. The Morgan fingerprint density at radius 2 is 2.22 bits per heavy atom. The number of anilines is 1. The van der Waals surface area contributed by atoms with Gasteiger partial charge in [0.05, 0.1) is 11.7 Å². The van der Waals surface area contributed by atoms with Crippen LogP contribution in [0.5, 0.6) is 0 Å². The van der Waals surface area contributed by atoms with Gasteiger partial charge in [0, 0.05) is 25.2 Å². The third kappa shape index (κ3) is 4.07. The molecule has 1 fully saturated rings. The molecular formula is C17H23FN2O3. The number of halogens is 1. The van der Waals surface area contributed by atoms with Gasteiger partial charge in [-0.25, -0.2) is 4.39 Å². The van der Waals surface area contributed by atoms with Crippen LogP contribution in [0.15, 0.2) is 18.2 Å². The minimum Gasteiger partial charge on any atom is -0.391 e. The van der Waals surface area contributed by atoms with Gasteiger partial charge in [0.2, 0.25) is 5.91 Å². The molecular weight excluding hydrogens is 299 g/mol. The fourth-order valence-electron chi connectivity index (χ4n) is 2.54. The van der Waals surface area contributed by atoms with E-state index in [2.05, 4.69) is 5.32 Å². The second-order valence-corrected chi connectivity index (χ2v) is 5.98. The average Bonchev–Trinajstić information content (AvgIpc) is 2.98. The van der Waals surface area contributed by atoms with Crippen LogP contribution in [0.25, 0.3) is 0 Å². The SMILES string of the molecule is CCC(C)C(O)CNC(=O)c1cc(N2CCCC2=O)ccc1F. The maximum atomic E-state index is 13.9. The lowest BCUT2D eigenvalue weighted by atomic mass is 10.0. The molecule has 23 heavy (non-hydrogen) atoms. The number of carbonyl (C=O) groups is 2. The highest BCUT2D eigenvalue weighted by atomic mass is 19.1. The van der Waals surface area contributed by atoms with Crippen molar-refractivity contribution in [2.75, 3.05) is 18.0 Å². The van der Waals surface area contributed by atoms with E-state index in [9.17, 15) is 19.1 Å². The molecule has 2 N–H and O–H groups in total. The van der Waals surface area contributed by atoms with Gasteiger partial charge >= 0.3 is 0 Å². The van der Waals surface area contributed by atoms with Gasteiger partial charge in [-0.1, -0.05) is 20.3 Å². The predicted molar refractivity (Wildman–Crippen MR) is 85.8 cm³/mol. The van der Waals surface area contributed by atoms with Crippen molar-refractivity contribution in [2.45, 2.75) is 39.2 Å². The molecule has 1 aliphatic rings. The molecule has 1 aromatic carbocycles. The molecule has 126 valence electrons.